The number of ether oxygens (including phenoxy) is 1. The molecule has 0 amide bonds. The monoisotopic (exact) mass is 494 g/mol. The van der Waals surface area contributed by atoms with Gasteiger partial charge in [-0.3, -0.25) is 0 Å². The number of carbonyl (C=O) groups excluding carboxylic acids is 1. The zero-order chi connectivity index (χ0) is 24.7. The van der Waals surface area contributed by atoms with Crippen molar-refractivity contribution in [2.45, 2.75) is 24.4 Å². The maximum atomic E-state index is 12.2. The van der Waals surface area contributed by atoms with Crippen molar-refractivity contribution in [3.05, 3.63) is 119 Å². The molecular formula is C30H26N2O3S. The summed E-state index contributed by atoms with van der Waals surface area (Å²) >= 11 is 1.66. The van der Waals surface area contributed by atoms with Crippen molar-refractivity contribution in [3.63, 3.8) is 0 Å². The number of aromatic nitrogens is 2. The number of imidazole rings is 1. The van der Waals surface area contributed by atoms with E-state index < -0.39 is 0 Å². The summed E-state index contributed by atoms with van der Waals surface area (Å²) in [6.45, 7) is 2.70. The van der Waals surface area contributed by atoms with Crippen molar-refractivity contribution in [1.82, 2.24) is 9.55 Å². The zero-order valence-corrected chi connectivity index (χ0v) is 20.8. The summed E-state index contributed by atoms with van der Waals surface area (Å²) in [6.07, 6.45) is 5.91. The Morgan fingerprint density at radius 2 is 1.75 bits per heavy atom. The molecule has 36 heavy (non-hydrogen) atoms. The molecule has 2 aromatic heterocycles. The zero-order valence-electron chi connectivity index (χ0n) is 20.0. The molecule has 5 rings (SSSR count). The lowest BCUT2D eigenvalue weighted by Gasteiger charge is -2.08. The van der Waals surface area contributed by atoms with E-state index in [4.69, 9.17) is 14.1 Å². The van der Waals surface area contributed by atoms with Crippen LogP contribution in [-0.2, 0) is 17.0 Å². The Bertz CT molecular complexity index is 1470. The van der Waals surface area contributed by atoms with Crippen LogP contribution < -0.4 is 0 Å². The Morgan fingerprint density at radius 1 is 0.972 bits per heavy atom. The van der Waals surface area contributed by atoms with Gasteiger partial charge in [0.2, 0.25) is 0 Å². The maximum absolute atomic E-state index is 12.2. The molecule has 0 bridgehead atoms. The average Bonchev–Trinajstić information content (AvgIpc) is 3.55. The number of benzene rings is 3. The highest BCUT2D eigenvalue weighted by molar-refractivity contribution is 7.98. The molecule has 0 spiro atoms. The van der Waals surface area contributed by atoms with Crippen LogP contribution in [0.4, 0.5) is 0 Å². The van der Waals surface area contributed by atoms with Crippen molar-refractivity contribution < 1.29 is 13.9 Å². The smallest absolute Gasteiger partial charge is 0.338 e. The molecule has 0 atom stereocenters. The molecule has 180 valence electrons. The summed E-state index contributed by atoms with van der Waals surface area (Å²) in [5.74, 6) is 1.28. The van der Waals surface area contributed by atoms with E-state index in [1.165, 1.54) is 11.1 Å². The molecule has 2 heterocycles. The van der Waals surface area contributed by atoms with Crippen LogP contribution >= 0.6 is 11.8 Å². The Labute approximate surface area is 214 Å². The highest BCUT2D eigenvalue weighted by atomic mass is 32.2. The van der Waals surface area contributed by atoms with Crippen LogP contribution in [0.5, 0.6) is 0 Å². The second kappa shape index (κ2) is 11.1. The van der Waals surface area contributed by atoms with Gasteiger partial charge in [0.1, 0.15) is 5.76 Å². The predicted molar refractivity (Wildman–Crippen MR) is 145 cm³/mol. The first-order valence-corrected chi connectivity index (χ1v) is 12.8. The minimum absolute atomic E-state index is 0.337. The summed E-state index contributed by atoms with van der Waals surface area (Å²) in [6, 6.07) is 28.2. The molecule has 0 aliphatic rings. The topological polar surface area (TPSA) is 57.3 Å². The van der Waals surface area contributed by atoms with Crippen LogP contribution in [0.3, 0.4) is 0 Å². The Morgan fingerprint density at radius 3 is 2.47 bits per heavy atom. The standard InChI is InChI=1S/C30H26N2O3S/c1-2-34-29(33)25-16-17-28-27(19-25)31-30(32(28)20-26-9-6-18-35-26)36-21-24-14-12-23(13-15-24)11-10-22-7-4-3-5-8-22/h3-19H,2,20-21H2,1H3/b11-10+. The maximum Gasteiger partial charge on any atom is 0.338 e. The van der Waals surface area contributed by atoms with E-state index in [9.17, 15) is 4.79 Å². The van der Waals surface area contributed by atoms with Crippen LogP contribution in [0.1, 0.15) is 39.7 Å². The van der Waals surface area contributed by atoms with E-state index in [2.05, 4.69) is 53.1 Å². The molecule has 0 unspecified atom stereocenters. The van der Waals surface area contributed by atoms with Gasteiger partial charge in [0.15, 0.2) is 5.16 Å². The molecule has 0 aliphatic heterocycles. The fraction of sp³-hybridized carbons (Fsp3) is 0.133. The van der Waals surface area contributed by atoms with E-state index in [0.29, 0.717) is 18.7 Å². The van der Waals surface area contributed by atoms with Gasteiger partial charge in [-0.2, -0.15) is 0 Å². The fourth-order valence-corrected chi connectivity index (χ4v) is 4.87. The summed E-state index contributed by atoms with van der Waals surface area (Å²) in [4.78, 5) is 17.1. The van der Waals surface area contributed by atoms with Gasteiger partial charge in [-0.05, 0) is 53.9 Å². The number of rotatable bonds is 9. The molecule has 3 aromatic carbocycles. The number of thioether (sulfide) groups is 1. The van der Waals surface area contributed by atoms with Gasteiger partial charge in [-0.25, -0.2) is 9.78 Å². The van der Waals surface area contributed by atoms with Gasteiger partial charge >= 0.3 is 5.97 Å². The second-order valence-corrected chi connectivity index (χ2v) is 9.20. The van der Waals surface area contributed by atoms with E-state index in [1.54, 1.807) is 37.1 Å². The van der Waals surface area contributed by atoms with Crippen LogP contribution in [0.2, 0.25) is 0 Å². The Hall–Kier alpha value is -4.03. The normalized spacial score (nSPS) is 11.4. The number of hydrogen-bond donors (Lipinski definition) is 0. The van der Waals surface area contributed by atoms with E-state index in [1.807, 2.05) is 36.4 Å². The lowest BCUT2D eigenvalue weighted by molar-refractivity contribution is 0.0526. The Kier molecular flexibility index (Phi) is 7.33. The first-order valence-electron chi connectivity index (χ1n) is 11.8. The highest BCUT2D eigenvalue weighted by Gasteiger charge is 2.16. The molecule has 5 aromatic rings. The first kappa shape index (κ1) is 23.7. The van der Waals surface area contributed by atoms with Gasteiger partial charge in [-0.15, -0.1) is 0 Å². The SMILES string of the molecule is CCOC(=O)c1ccc2c(c1)nc(SCc1ccc(/C=C/c3ccccc3)cc1)n2Cc1ccco1. The van der Waals surface area contributed by atoms with Gasteiger partial charge in [0, 0.05) is 5.75 Å². The van der Waals surface area contributed by atoms with Crippen LogP contribution in [0.25, 0.3) is 23.2 Å². The quantitative estimate of drug-likeness (QED) is 0.122. The van der Waals surface area contributed by atoms with Crippen molar-refractivity contribution >= 4 is 40.9 Å². The number of esters is 1. The largest absolute Gasteiger partial charge is 0.467 e. The molecule has 0 N–H and O–H groups in total. The molecule has 6 heteroatoms. The van der Waals surface area contributed by atoms with Crippen molar-refractivity contribution in [1.29, 1.82) is 0 Å². The third-order valence-electron chi connectivity index (χ3n) is 5.73. The minimum Gasteiger partial charge on any atom is -0.467 e. The highest BCUT2D eigenvalue weighted by Crippen LogP contribution is 2.29. The molecule has 5 nitrogen and oxygen atoms in total. The van der Waals surface area contributed by atoms with E-state index in [0.717, 1.165) is 33.3 Å². The van der Waals surface area contributed by atoms with Gasteiger partial charge in [-0.1, -0.05) is 78.5 Å². The first-order chi connectivity index (χ1) is 17.7. The molecule has 0 saturated carbocycles. The van der Waals surface area contributed by atoms with Gasteiger partial charge in [0.25, 0.3) is 0 Å². The van der Waals surface area contributed by atoms with E-state index >= 15 is 0 Å². The molecule has 0 saturated heterocycles. The molecule has 0 fully saturated rings. The number of furan rings is 1. The summed E-state index contributed by atoms with van der Waals surface area (Å²) in [5, 5.41) is 0.871. The predicted octanol–water partition coefficient (Wildman–Crippen LogP) is 7.32. The third-order valence-corrected chi connectivity index (χ3v) is 6.78. The Balaban J connectivity index is 1.35. The average molecular weight is 495 g/mol. The number of nitrogens with zero attached hydrogens (tertiary/aromatic N) is 2. The molecular weight excluding hydrogens is 468 g/mol. The fourth-order valence-electron chi connectivity index (χ4n) is 3.90. The van der Waals surface area contributed by atoms with Gasteiger partial charge < -0.3 is 13.7 Å². The summed E-state index contributed by atoms with van der Waals surface area (Å²) in [7, 11) is 0. The van der Waals surface area contributed by atoms with Crippen LogP contribution in [-0.4, -0.2) is 22.1 Å². The molecule has 0 radical (unpaired) electrons. The summed E-state index contributed by atoms with van der Waals surface area (Å²) in [5.41, 5.74) is 5.76. The number of hydrogen-bond acceptors (Lipinski definition) is 5. The third kappa shape index (κ3) is 5.61. The number of fused-ring (bicyclic) bond motifs is 1. The van der Waals surface area contributed by atoms with Crippen molar-refractivity contribution in [2.75, 3.05) is 6.61 Å². The summed E-state index contributed by atoms with van der Waals surface area (Å²) < 4.78 is 12.9. The lowest BCUT2D eigenvalue weighted by Crippen LogP contribution is -2.04. The van der Waals surface area contributed by atoms with Gasteiger partial charge in [0.05, 0.1) is 36.0 Å². The number of carbonyl (C=O) groups is 1. The molecule has 0 aliphatic carbocycles. The van der Waals surface area contributed by atoms with Crippen LogP contribution in [0.15, 0.2) is 101 Å². The van der Waals surface area contributed by atoms with Crippen molar-refractivity contribution in [2.24, 2.45) is 0 Å². The van der Waals surface area contributed by atoms with E-state index in [-0.39, 0.29) is 5.97 Å². The lowest BCUT2D eigenvalue weighted by atomic mass is 10.1. The van der Waals surface area contributed by atoms with Crippen LogP contribution in [0, 0.1) is 0 Å². The van der Waals surface area contributed by atoms with Crippen molar-refractivity contribution in [3.8, 4) is 0 Å². The second-order valence-electron chi connectivity index (χ2n) is 8.26. The minimum atomic E-state index is -0.337.